The first-order chi connectivity index (χ1) is 8.86. The SMILES string of the molecule is CC(CN(C)C(=O)c1ccc(Br)cc1Br)/C(N)=N/O. The molecule has 0 saturated heterocycles. The summed E-state index contributed by atoms with van der Waals surface area (Å²) >= 11 is 6.70. The summed E-state index contributed by atoms with van der Waals surface area (Å²) in [5.41, 5.74) is 6.07. The number of hydrogen-bond acceptors (Lipinski definition) is 3. The maximum absolute atomic E-state index is 12.3. The third kappa shape index (κ3) is 4.21. The molecule has 104 valence electrons. The zero-order valence-electron chi connectivity index (χ0n) is 10.6. The average molecular weight is 393 g/mol. The van der Waals surface area contributed by atoms with Gasteiger partial charge in [0, 0.05) is 28.5 Å². The number of hydrogen-bond donors (Lipinski definition) is 2. The molecule has 0 fully saturated rings. The van der Waals surface area contributed by atoms with Crippen LogP contribution in [-0.4, -0.2) is 35.4 Å². The molecular formula is C12H15Br2N3O2. The van der Waals surface area contributed by atoms with Crippen LogP contribution in [-0.2, 0) is 0 Å². The predicted molar refractivity (Wildman–Crippen MR) is 81.4 cm³/mol. The number of amides is 1. The molecule has 0 spiro atoms. The first-order valence-corrected chi connectivity index (χ1v) is 7.13. The molecule has 19 heavy (non-hydrogen) atoms. The van der Waals surface area contributed by atoms with Crippen molar-refractivity contribution < 1.29 is 10.0 Å². The highest BCUT2D eigenvalue weighted by Gasteiger charge is 2.18. The molecule has 1 aromatic rings. The minimum Gasteiger partial charge on any atom is -0.409 e. The summed E-state index contributed by atoms with van der Waals surface area (Å²) < 4.78 is 1.61. The molecular weight excluding hydrogens is 378 g/mol. The lowest BCUT2D eigenvalue weighted by atomic mass is 10.1. The molecule has 1 aromatic carbocycles. The van der Waals surface area contributed by atoms with E-state index in [0.717, 1.165) is 8.95 Å². The summed E-state index contributed by atoms with van der Waals surface area (Å²) in [5, 5.41) is 11.5. The largest absolute Gasteiger partial charge is 0.409 e. The molecule has 1 atom stereocenters. The van der Waals surface area contributed by atoms with Crippen LogP contribution in [0.1, 0.15) is 17.3 Å². The van der Waals surface area contributed by atoms with E-state index in [1.807, 2.05) is 6.07 Å². The predicted octanol–water partition coefficient (Wildman–Crippen LogP) is 2.67. The van der Waals surface area contributed by atoms with E-state index >= 15 is 0 Å². The summed E-state index contributed by atoms with van der Waals surface area (Å²) in [5.74, 6) is -0.236. The molecule has 3 N–H and O–H groups in total. The molecule has 7 heteroatoms. The Bertz CT molecular complexity index is 506. The van der Waals surface area contributed by atoms with Gasteiger partial charge in [0.2, 0.25) is 0 Å². The Balaban J connectivity index is 2.82. The molecule has 1 unspecified atom stereocenters. The first-order valence-electron chi connectivity index (χ1n) is 5.54. The lowest BCUT2D eigenvalue weighted by molar-refractivity contribution is 0.0785. The van der Waals surface area contributed by atoms with E-state index in [2.05, 4.69) is 37.0 Å². The molecule has 0 aliphatic carbocycles. The zero-order valence-corrected chi connectivity index (χ0v) is 13.8. The minimum atomic E-state index is -0.215. The van der Waals surface area contributed by atoms with Gasteiger partial charge in [0.1, 0.15) is 5.84 Å². The number of halogens is 2. The van der Waals surface area contributed by atoms with Crippen LogP contribution in [0.5, 0.6) is 0 Å². The normalized spacial score (nSPS) is 13.2. The van der Waals surface area contributed by atoms with Crippen LogP contribution in [0.15, 0.2) is 32.3 Å². The highest BCUT2D eigenvalue weighted by Crippen LogP contribution is 2.23. The maximum atomic E-state index is 12.3. The van der Waals surface area contributed by atoms with E-state index in [4.69, 9.17) is 10.9 Å². The van der Waals surface area contributed by atoms with E-state index in [1.54, 1.807) is 26.1 Å². The summed E-state index contributed by atoms with van der Waals surface area (Å²) in [4.78, 5) is 13.8. The Hall–Kier alpha value is -1.08. The Morgan fingerprint density at radius 3 is 2.68 bits per heavy atom. The molecule has 0 bridgehead atoms. The third-order valence-corrected chi connectivity index (χ3v) is 3.83. The van der Waals surface area contributed by atoms with Gasteiger partial charge in [-0.1, -0.05) is 28.0 Å². The Morgan fingerprint density at radius 1 is 1.53 bits per heavy atom. The maximum Gasteiger partial charge on any atom is 0.254 e. The van der Waals surface area contributed by atoms with Crippen molar-refractivity contribution in [2.75, 3.05) is 13.6 Å². The van der Waals surface area contributed by atoms with Crippen LogP contribution in [0, 0.1) is 5.92 Å². The van der Waals surface area contributed by atoms with E-state index in [1.165, 1.54) is 4.90 Å². The van der Waals surface area contributed by atoms with Gasteiger partial charge in [-0.05, 0) is 34.1 Å². The van der Waals surface area contributed by atoms with Crippen molar-refractivity contribution in [3.05, 3.63) is 32.7 Å². The fourth-order valence-electron chi connectivity index (χ4n) is 1.55. The minimum absolute atomic E-state index is 0.106. The van der Waals surface area contributed by atoms with Crippen molar-refractivity contribution in [2.45, 2.75) is 6.92 Å². The van der Waals surface area contributed by atoms with Gasteiger partial charge in [-0.25, -0.2) is 0 Å². The molecule has 0 saturated carbocycles. The summed E-state index contributed by atoms with van der Waals surface area (Å²) in [6.45, 7) is 2.16. The number of carbonyl (C=O) groups excluding carboxylic acids is 1. The molecule has 0 heterocycles. The molecule has 0 aliphatic heterocycles. The number of benzene rings is 1. The monoisotopic (exact) mass is 391 g/mol. The van der Waals surface area contributed by atoms with Crippen molar-refractivity contribution >= 4 is 43.6 Å². The van der Waals surface area contributed by atoms with Crippen LogP contribution in [0.3, 0.4) is 0 Å². The summed E-state index contributed by atoms with van der Waals surface area (Å²) in [6, 6.07) is 5.36. The molecule has 0 aliphatic rings. The highest BCUT2D eigenvalue weighted by molar-refractivity contribution is 9.11. The summed E-state index contributed by atoms with van der Waals surface area (Å²) in [7, 11) is 1.68. The van der Waals surface area contributed by atoms with E-state index < -0.39 is 0 Å². The van der Waals surface area contributed by atoms with Crippen LogP contribution in [0.4, 0.5) is 0 Å². The first kappa shape index (κ1) is 16.0. The zero-order chi connectivity index (χ0) is 14.6. The number of rotatable bonds is 4. The smallest absolute Gasteiger partial charge is 0.254 e. The van der Waals surface area contributed by atoms with Crippen molar-refractivity contribution in [3.63, 3.8) is 0 Å². The standard InChI is InChI=1S/C12H15Br2N3O2/c1-7(11(15)16-19)6-17(2)12(18)9-4-3-8(13)5-10(9)14/h3-5,7,19H,6H2,1-2H3,(H2,15,16). The van der Waals surface area contributed by atoms with Crippen LogP contribution < -0.4 is 5.73 Å². The number of nitrogens with two attached hydrogens (primary N) is 1. The van der Waals surface area contributed by atoms with Crippen molar-refractivity contribution in [1.82, 2.24) is 4.90 Å². The van der Waals surface area contributed by atoms with Gasteiger partial charge in [0.25, 0.3) is 5.91 Å². The van der Waals surface area contributed by atoms with Crippen molar-refractivity contribution in [3.8, 4) is 0 Å². The number of amidine groups is 1. The second-order valence-corrected chi connectivity index (χ2v) is 6.01. The van der Waals surface area contributed by atoms with Gasteiger partial charge in [0.15, 0.2) is 0 Å². The van der Waals surface area contributed by atoms with Crippen LogP contribution in [0.25, 0.3) is 0 Å². The Morgan fingerprint density at radius 2 is 2.16 bits per heavy atom. The molecule has 0 radical (unpaired) electrons. The highest BCUT2D eigenvalue weighted by atomic mass is 79.9. The molecule has 0 aromatic heterocycles. The quantitative estimate of drug-likeness (QED) is 0.358. The molecule has 1 rings (SSSR count). The second-order valence-electron chi connectivity index (χ2n) is 4.24. The molecule has 5 nitrogen and oxygen atoms in total. The fourth-order valence-corrected chi connectivity index (χ4v) is 2.77. The Kier molecular flexibility index (Phi) is 5.81. The van der Waals surface area contributed by atoms with Gasteiger partial charge in [-0.3, -0.25) is 4.79 Å². The lowest BCUT2D eigenvalue weighted by Crippen LogP contribution is -2.36. The van der Waals surface area contributed by atoms with Gasteiger partial charge in [-0.15, -0.1) is 0 Å². The topological polar surface area (TPSA) is 78.9 Å². The number of carbonyl (C=O) groups is 1. The average Bonchev–Trinajstić information content (AvgIpc) is 2.36. The van der Waals surface area contributed by atoms with Gasteiger partial charge in [-0.2, -0.15) is 0 Å². The van der Waals surface area contributed by atoms with Crippen molar-refractivity contribution in [2.24, 2.45) is 16.8 Å². The third-order valence-electron chi connectivity index (χ3n) is 2.68. The van der Waals surface area contributed by atoms with E-state index in [0.29, 0.717) is 12.1 Å². The number of nitrogens with zero attached hydrogens (tertiary/aromatic N) is 2. The molecule has 1 amide bonds. The Labute approximate surface area is 128 Å². The van der Waals surface area contributed by atoms with Crippen LogP contribution >= 0.6 is 31.9 Å². The van der Waals surface area contributed by atoms with E-state index in [-0.39, 0.29) is 17.7 Å². The van der Waals surface area contributed by atoms with E-state index in [9.17, 15) is 4.79 Å². The van der Waals surface area contributed by atoms with Crippen molar-refractivity contribution in [1.29, 1.82) is 0 Å². The van der Waals surface area contributed by atoms with Gasteiger partial charge >= 0.3 is 0 Å². The fraction of sp³-hybridized carbons (Fsp3) is 0.333. The number of oxime groups is 1. The second kappa shape index (κ2) is 6.91. The van der Waals surface area contributed by atoms with Crippen LogP contribution in [0.2, 0.25) is 0 Å². The lowest BCUT2D eigenvalue weighted by Gasteiger charge is -2.21. The summed E-state index contributed by atoms with van der Waals surface area (Å²) in [6.07, 6.45) is 0. The van der Waals surface area contributed by atoms with Gasteiger partial charge in [0.05, 0.1) is 5.56 Å². The van der Waals surface area contributed by atoms with Gasteiger partial charge < -0.3 is 15.8 Å².